The average Bonchev–Trinajstić information content (AvgIpc) is 1.98. The van der Waals surface area contributed by atoms with Gasteiger partial charge in [-0.3, -0.25) is 0 Å². The summed E-state index contributed by atoms with van der Waals surface area (Å²) in [6.07, 6.45) is 0.224. The molecule has 0 unspecified atom stereocenters. The van der Waals surface area contributed by atoms with Crippen LogP contribution in [0.1, 0.15) is 19.4 Å². The molecule has 0 spiro atoms. The summed E-state index contributed by atoms with van der Waals surface area (Å²) in [6.45, 7) is 6.15. The van der Waals surface area contributed by atoms with Gasteiger partial charge in [-0.15, -0.1) is 0 Å². The minimum atomic E-state index is 0.224. The Balaban J connectivity index is 3.05. The zero-order chi connectivity index (χ0) is 10.0. The van der Waals surface area contributed by atoms with Crippen LogP contribution in [0.4, 0.5) is 0 Å². The number of hydrogen-bond acceptors (Lipinski definition) is 1. The van der Waals surface area contributed by atoms with Crippen LogP contribution in [0.3, 0.4) is 0 Å². The van der Waals surface area contributed by atoms with Crippen LogP contribution in [0.15, 0.2) is 16.6 Å². The number of benzene rings is 1. The molecule has 0 N–H and O–H groups in total. The second-order valence-corrected chi connectivity index (χ2v) is 5.20. The number of ether oxygens (including phenoxy) is 1. The lowest BCUT2D eigenvalue weighted by atomic mass is 10.2. The molecule has 0 saturated carbocycles. The maximum atomic E-state index is 5.67. The first kappa shape index (κ1) is 11.3. The molecule has 0 bridgehead atoms. The highest BCUT2D eigenvalue weighted by atomic mass is 127. The van der Waals surface area contributed by atoms with Crippen LogP contribution in [-0.2, 0) is 0 Å². The van der Waals surface area contributed by atoms with E-state index in [1.165, 1.54) is 9.13 Å². The zero-order valence-corrected chi connectivity index (χ0v) is 11.6. The van der Waals surface area contributed by atoms with Crippen molar-refractivity contribution in [2.75, 3.05) is 0 Å². The van der Waals surface area contributed by atoms with Crippen molar-refractivity contribution < 1.29 is 4.74 Å². The zero-order valence-electron chi connectivity index (χ0n) is 7.90. The predicted octanol–water partition coefficient (Wildman–Crippen LogP) is 4.15. The lowest BCUT2D eigenvalue weighted by molar-refractivity contribution is 0.240. The van der Waals surface area contributed by atoms with Gasteiger partial charge in [0.05, 0.1) is 9.67 Å². The first-order valence-corrected chi connectivity index (χ1v) is 6.00. The highest BCUT2D eigenvalue weighted by molar-refractivity contribution is 14.1. The van der Waals surface area contributed by atoms with Gasteiger partial charge < -0.3 is 4.74 Å². The van der Waals surface area contributed by atoms with Crippen molar-refractivity contribution in [3.63, 3.8) is 0 Å². The van der Waals surface area contributed by atoms with Crippen LogP contribution in [0.2, 0.25) is 0 Å². The van der Waals surface area contributed by atoms with Gasteiger partial charge in [0.15, 0.2) is 0 Å². The SMILES string of the molecule is Cc1cc(Br)cc(OC(C)C)c1I. The van der Waals surface area contributed by atoms with E-state index in [0.29, 0.717) is 0 Å². The monoisotopic (exact) mass is 354 g/mol. The van der Waals surface area contributed by atoms with Gasteiger partial charge in [0.25, 0.3) is 0 Å². The van der Waals surface area contributed by atoms with E-state index in [1.807, 2.05) is 19.9 Å². The van der Waals surface area contributed by atoms with Gasteiger partial charge in [-0.05, 0) is 61.1 Å². The molecule has 0 atom stereocenters. The Bertz CT molecular complexity index is 310. The van der Waals surface area contributed by atoms with E-state index in [9.17, 15) is 0 Å². The van der Waals surface area contributed by atoms with E-state index in [-0.39, 0.29) is 6.10 Å². The van der Waals surface area contributed by atoms with Crippen LogP contribution >= 0.6 is 38.5 Å². The molecule has 0 aromatic heterocycles. The lowest BCUT2D eigenvalue weighted by Crippen LogP contribution is -2.07. The van der Waals surface area contributed by atoms with E-state index >= 15 is 0 Å². The minimum Gasteiger partial charge on any atom is -0.490 e. The highest BCUT2D eigenvalue weighted by Gasteiger charge is 2.07. The number of hydrogen-bond donors (Lipinski definition) is 0. The van der Waals surface area contributed by atoms with Gasteiger partial charge in [0.2, 0.25) is 0 Å². The molecule has 0 heterocycles. The van der Waals surface area contributed by atoms with Crippen molar-refractivity contribution in [1.29, 1.82) is 0 Å². The largest absolute Gasteiger partial charge is 0.490 e. The molecule has 0 fully saturated rings. The van der Waals surface area contributed by atoms with E-state index < -0.39 is 0 Å². The number of aryl methyl sites for hydroxylation is 1. The van der Waals surface area contributed by atoms with Crippen LogP contribution in [0.5, 0.6) is 5.75 Å². The third-order valence-electron chi connectivity index (χ3n) is 1.55. The van der Waals surface area contributed by atoms with Crippen molar-refractivity contribution >= 4 is 38.5 Å². The molecular formula is C10H12BrIO. The third kappa shape index (κ3) is 3.13. The summed E-state index contributed by atoms with van der Waals surface area (Å²) >= 11 is 5.76. The third-order valence-corrected chi connectivity index (χ3v) is 3.39. The number of halogens is 2. The summed E-state index contributed by atoms with van der Waals surface area (Å²) in [5.41, 5.74) is 1.24. The van der Waals surface area contributed by atoms with E-state index in [2.05, 4.69) is 51.5 Å². The molecule has 1 nitrogen and oxygen atoms in total. The Morgan fingerprint density at radius 1 is 1.38 bits per heavy atom. The Hall–Kier alpha value is 0.230. The fourth-order valence-corrected chi connectivity index (χ4v) is 2.02. The van der Waals surface area contributed by atoms with Gasteiger partial charge in [-0.1, -0.05) is 15.9 Å². The first-order valence-electron chi connectivity index (χ1n) is 4.13. The van der Waals surface area contributed by atoms with E-state index in [0.717, 1.165) is 10.2 Å². The van der Waals surface area contributed by atoms with Crippen molar-refractivity contribution in [3.05, 3.63) is 25.7 Å². The van der Waals surface area contributed by atoms with Crippen LogP contribution < -0.4 is 4.74 Å². The van der Waals surface area contributed by atoms with Crippen molar-refractivity contribution in [1.82, 2.24) is 0 Å². The summed E-state index contributed by atoms with van der Waals surface area (Å²) < 4.78 is 7.93. The van der Waals surface area contributed by atoms with Gasteiger partial charge >= 0.3 is 0 Å². The van der Waals surface area contributed by atoms with Gasteiger partial charge in [0, 0.05) is 4.47 Å². The van der Waals surface area contributed by atoms with Crippen LogP contribution in [0, 0.1) is 10.5 Å². The van der Waals surface area contributed by atoms with Crippen molar-refractivity contribution in [2.24, 2.45) is 0 Å². The molecule has 1 aromatic rings. The molecule has 0 aliphatic heterocycles. The maximum absolute atomic E-state index is 5.67. The Labute approximate surface area is 101 Å². The quantitative estimate of drug-likeness (QED) is 0.725. The molecule has 0 amide bonds. The molecule has 1 rings (SSSR count). The lowest BCUT2D eigenvalue weighted by Gasteiger charge is -2.13. The molecule has 3 heteroatoms. The number of rotatable bonds is 2. The summed E-state index contributed by atoms with van der Waals surface area (Å²) in [4.78, 5) is 0. The molecule has 0 aliphatic rings. The highest BCUT2D eigenvalue weighted by Crippen LogP contribution is 2.29. The summed E-state index contributed by atoms with van der Waals surface area (Å²) in [5, 5.41) is 0. The molecule has 0 saturated heterocycles. The molecule has 13 heavy (non-hydrogen) atoms. The second kappa shape index (κ2) is 4.64. The van der Waals surface area contributed by atoms with Gasteiger partial charge in [-0.25, -0.2) is 0 Å². The first-order chi connectivity index (χ1) is 6.00. The minimum absolute atomic E-state index is 0.224. The smallest absolute Gasteiger partial charge is 0.134 e. The molecule has 0 aliphatic carbocycles. The maximum Gasteiger partial charge on any atom is 0.134 e. The van der Waals surface area contributed by atoms with Gasteiger partial charge in [-0.2, -0.15) is 0 Å². The molecule has 72 valence electrons. The average molecular weight is 355 g/mol. The van der Waals surface area contributed by atoms with Crippen molar-refractivity contribution in [3.8, 4) is 5.75 Å². The molecular weight excluding hydrogens is 343 g/mol. The predicted molar refractivity (Wildman–Crippen MR) is 67.4 cm³/mol. The Morgan fingerprint density at radius 3 is 2.54 bits per heavy atom. The molecule has 1 aromatic carbocycles. The van der Waals surface area contributed by atoms with E-state index in [4.69, 9.17) is 4.74 Å². The normalized spacial score (nSPS) is 10.6. The summed E-state index contributed by atoms with van der Waals surface area (Å²) in [5.74, 6) is 0.961. The van der Waals surface area contributed by atoms with E-state index in [1.54, 1.807) is 0 Å². The van der Waals surface area contributed by atoms with Crippen molar-refractivity contribution in [2.45, 2.75) is 26.9 Å². The van der Waals surface area contributed by atoms with Crippen LogP contribution in [0.25, 0.3) is 0 Å². The Kier molecular flexibility index (Phi) is 4.04. The Morgan fingerprint density at radius 2 is 2.00 bits per heavy atom. The standard InChI is InChI=1S/C10H12BrIO/c1-6(2)13-9-5-8(11)4-7(3)10(9)12/h4-6H,1-3H3. The fraction of sp³-hybridized carbons (Fsp3) is 0.400. The van der Waals surface area contributed by atoms with Crippen LogP contribution in [-0.4, -0.2) is 6.10 Å². The summed E-state index contributed by atoms with van der Waals surface area (Å²) in [6, 6.07) is 4.10. The topological polar surface area (TPSA) is 9.23 Å². The molecule has 0 radical (unpaired) electrons. The second-order valence-electron chi connectivity index (χ2n) is 3.20. The van der Waals surface area contributed by atoms with Gasteiger partial charge in [0.1, 0.15) is 5.75 Å². The summed E-state index contributed by atoms with van der Waals surface area (Å²) in [7, 11) is 0. The fourth-order valence-electron chi connectivity index (χ4n) is 1.03.